The van der Waals surface area contributed by atoms with Crippen LogP contribution in [0.2, 0.25) is 16.6 Å². The van der Waals surface area contributed by atoms with Crippen LogP contribution >= 0.6 is 0 Å². The normalized spacial score (nSPS) is 24.0. The van der Waals surface area contributed by atoms with Crippen LogP contribution in [0, 0.1) is 5.92 Å². The predicted molar refractivity (Wildman–Crippen MR) is 136 cm³/mol. The van der Waals surface area contributed by atoms with Gasteiger partial charge in [0.05, 0.1) is 44.6 Å². The van der Waals surface area contributed by atoms with Gasteiger partial charge in [0.25, 0.3) is 0 Å². The minimum Gasteiger partial charge on any atom is -0.466 e. The fourth-order valence-electron chi connectivity index (χ4n) is 5.56. The Morgan fingerprint density at radius 3 is 2.21 bits per heavy atom. The van der Waals surface area contributed by atoms with Gasteiger partial charge in [-0.2, -0.15) is 0 Å². The van der Waals surface area contributed by atoms with Crippen LogP contribution in [0.3, 0.4) is 0 Å². The summed E-state index contributed by atoms with van der Waals surface area (Å²) < 4.78 is 24.9. The molecule has 1 heterocycles. The number of carbonyl (C=O) groups excluding carboxylic acids is 1. The largest absolute Gasteiger partial charge is 0.466 e. The number of benzene rings is 1. The summed E-state index contributed by atoms with van der Waals surface area (Å²) in [6.45, 7) is 19.3. The van der Waals surface area contributed by atoms with Crippen molar-refractivity contribution in [1.29, 1.82) is 0 Å². The standard InChI is InChI=1S/C27H46O5Si/c1-9-30-27(28)16-24-15-25(32-33(19(2)3,20(4)5)21(6)7)22(8)26(31-24)18-29-17-23-13-11-10-12-14-23/h10-14,19-22,24-26H,9,15-18H2,1-8H3/t22-,24-,25+,26-/m0/s1. The van der Waals surface area contributed by atoms with Gasteiger partial charge >= 0.3 is 5.97 Å². The molecule has 1 aromatic carbocycles. The van der Waals surface area contributed by atoms with Crippen molar-refractivity contribution in [2.75, 3.05) is 13.2 Å². The Morgan fingerprint density at radius 1 is 1.06 bits per heavy atom. The first kappa shape index (κ1) is 28.0. The first-order valence-corrected chi connectivity index (χ1v) is 14.9. The predicted octanol–water partition coefficient (Wildman–Crippen LogP) is 6.51. The van der Waals surface area contributed by atoms with Crippen LogP contribution in [0.15, 0.2) is 30.3 Å². The third-order valence-corrected chi connectivity index (χ3v) is 13.3. The highest BCUT2D eigenvalue weighted by Crippen LogP contribution is 2.45. The lowest BCUT2D eigenvalue weighted by Crippen LogP contribution is -2.55. The molecular formula is C27H46O5Si. The van der Waals surface area contributed by atoms with Crippen molar-refractivity contribution in [1.82, 2.24) is 0 Å². The zero-order valence-corrected chi connectivity index (χ0v) is 23.0. The van der Waals surface area contributed by atoms with Gasteiger partial charge in [-0.1, -0.05) is 78.8 Å². The molecule has 0 amide bonds. The van der Waals surface area contributed by atoms with Gasteiger partial charge in [-0.05, 0) is 35.5 Å². The SMILES string of the molecule is CCOC(=O)C[C@@H]1C[C@@H](O[Si](C(C)C)(C(C)C)C(C)C)[C@H](C)[C@H](COCc2ccccc2)O1. The smallest absolute Gasteiger partial charge is 0.308 e. The second-order valence-corrected chi connectivity index (χ2v) is 15.8. The van der Waals surface area contributed by atoms with Gasteiger partial charge in [0.2, 0.25) is 8.32 Å². The monoisotopic (exact) mass is 478 g/mol. The molecule has 1 aromatic rings. The van der Waals surface area contributed by atoms with E-state index in [1.807, 2.05) is 25.1 Å². The molecule has 0 bridgehead atoms. The molecule has 0 aromatic heterocycles. The quantitative estimate of drug-likeness (QED) is 0.253. The van der Waals surface area contributed by atoms with Gasteiger partial charge in [-0.15, -0.1) is 0 Å². The van der Waals surface area contributed by atoms with Gasteiger partial charge in [-0.25, -0.2) is 0 Å². The van der Waals surface area contributed by atoms with Crippen LogP contribution in [0.1, 0.15) is 73.8 Å². The summed E-state index contributed by atoms with van der Waals surface area (Å²) in [5.41, 5.74) is 2.65. The number of hydrogen-bond donors (Lipinski definition) is 0. The topological polar surface area (TPSA) is 54.0 Å². The third kappa shape index (κ3) is 7.38. The van der Waals surface area contributed by atoms with Crippen molar-refractivity contribution >= 4 is 14.3 Å². The first-order chi connectivity index (χ1) is 15.6. The fraction of sp³-hybridized carbons (Fsp3) is 0.741. The van der Waals surface area contributed by atoms with E-state index in [0.717, 1.165) is 12.0 Å². The highest BCUT2D eigenvalue weighted by Gasteiger charge is 2.49. The molecule has 0 unspecified atom stereocenters. The molecule has 0 N–H and O–H groups in total. The Kier molecular flexibility index (Phi) is 11.1. The summed E-state index contributed by atoms with van der Waals surface area (Å²) in [4.78, 5) is 12.2. The zero-order valence-electron chi connectivity index (χ0n) is 22.0. The van der Waals surface area contributed by atoms with E-state index in [-0.39, 0.29) is 36.6 Å². The van der Waals surface area contributed by atoms with Gasteiger partial charge in [-0.3, -0.25) is 4.79 Å². The molecule has 0 saturated carbocycles. The lowest BCUT2D eigenvalue weighted by Gasteiger charge is -2.49. The molecule has 2 rings (SSSR count). The van der Waals surface area contributed by atoms with Gasteiger partial charge < -0.3 is 18.6 Å². The number of esters is 1. The van der Waals surface area contributed by atoms with Crippen LogP contribution in [0.4, 0.5) is 0 Å². The van der Waals surface area contributed by atoms with Gasteiger partial charge in [0.1, 0.15) is 0 Å². The summed E-state index contributed by atoms with van der Waals surface area (Å²) in [5.74, 6) is -0.0258. The molecule has 0 spiro atoms. The van der Waals surface area contributed by atoms with E-state index < -0.39 is 8.32 Å². The Bertz CT molecular complexity index is 684. The van der Waals surface area contributed by atoms with Gasteiger partial charge in [0.15, 0.2) is 0 Å². The summed E-state index contributed by atoms with van der Waals surface area (Å²) in [7, 11) is -2.07. The lowest BCUT2D eigenvalue weighted by atomic mass is 9.89. The highest BCUT2D eigenvalue weighted by molar-refractivity contribution is 6.77. The summed E-state index contributed by atoms with van der Waals surface area (Å²) >= 11 is 0. The van der Waals surface area contributed by atoms with Crippen LogP contribution in [0.25, 0.3) is 0 Å². The molecule has 0 radical (unpaired) electrons. The van der Waals surface area contributed by atoms with Crippen molar-refractivity contribution in [2.45, 2.75) is 110 Å². The zero-order chi connectivity index (χ0) is 24.6. The Labute approximate surface area is 202 Å². The summed E-state index contributed by atoms with van der Waals surface area (Å²) in [6, 6.07) is 10.2. The van der Waals surface area contributed by atoms with E-state index in [0.29, 0.717) is 36.4 Å². The average Bonchev–Trinajstić information content (AvgIpc) is 2.74. The maximum absolute atomic E-state index is 12.2. The molecule has 0 aliphatic carbocycles. The fourth-order valence-corrected chi connectivity index (χ4v) is 11.2. The van der Waals surface area contributed by atoms with Crippen molar-refractivity contribution in [3.8, 4) is 0 Å². The van der Waals surface area contributed by atoms with E-state index in [2.05, 4.69) is 60.6 Å². The molecule has 4 atom stereocenters. The number of carbonyl (C=O) groups is 1. The van der Waals surface area contributed by atoms with Crippen LogP contribution < -0.4 is 0 Å². The first-order valence-electron chi connectivity index (χ1n) is 12.7. The van der Waals surface area contributed by atoms with E-state index >= 15 is 0 Å². The number of hydrogen-bond acceptors (Lipinski definition) is 5. The molecule has 1 saturated heterocycles. The minimum absolute atomic E-state index is 0.0439. The number of rotatable bonds is 12. The molecule has 1 aliphatic rings. The highest BCUT2D eigenvalue weighted by atomic mass is 28.4. The lowest BCUT2D eigenvalue weighted by molar-refractivity contribution is -0.167. The van der Waals surface area contributed by atoms with Crippen LogP contribution in [0.5, 0.6) is 0 Å². The van der Waals surface area contributed by atoms with Crippen molar-refractivity contribution in [3.05, 3.63) is 35.9 Å². The van der Waals surface area contributed by atoms with E-state index in [9.17, 15) is 4.79 Å². The van der Waals surface area contributed by atoms with E-state index in [4.69, 9.17) is 18.6 Å². The summed E-state index contributed by atoms with van der Waals surface area (Å²) in [6.07, 6.45) is 0.687. The van der Waals surface area contributed by atoms with E-state index in [1.54, 1.807) is 0 Å². The maximum Gasteiger partial charge on any atom is 0.308 e. The Balaban J connectivity index is 2.19. The van der Waals surface area contributed by atoms with Gasteiger partial charge in [0, 0.05) is 5.92 Å². The molecule has 5 nitrogen and oxygen atoms in total. The molecule has 6 heteroatoms. The molecule has 188 valence electrons. The van der Waals surface area contributed by atoms with Crippen molar-refractivity contribution in [2.24, 2.45) is 5.92 Å². The molecular weight excluding hydrogens is 432 g/mol. The summed E-state index contributed by atoms with van der Waals surface area (Å²) in [5, 5.41) is 0. The molecule has 1 fully saturated rings. The maximum atomic E-state index is 12.2. The molecule has 1 aliphatic heterocycles. The van der Waals surface area contributed by atoms with E-state index in [1.165, 1.54) is 0 Å². The molecule has 33 heavy (non-hydrogen) atoms. The second-order valence-electron chi connectivity index (χ2n) is 10.4. The van der Waals surface area contributed by atoms with Crippen LogP contribution in [-0.4, -0.2) is 45.8 Å². The average molecular weight is 479 g/mol. The van der Waals surface area contributed by atoms with Crippen LogP contribution in [-0.2, 0) is 30.0 Å². The second kappa shape index (κ2) is 13.0. The minimum atomic E-state index is -2.07. The Hall–Kier alpha value is -1.21. The van der Waals surface area contributed by atoms with Crippen molar-refractivity contribution in [3.63, 3.8) is 0 Å². The Morgan fingerprint density at radius 2 is 1.67 bits per heavy atom. The van der Waals surface area contributed by atoms with Crippen molar-refractivity contribution < 1.29 is 23.4 Å². The number of ether oxygens (including phenoxy) is 3. The third-order valence-electron chi connectivity index (χ3n) is 7.19.